The maximum Gasteiger partial charge on any atom is 0.263 e. The van der Waals surface area contributed by atoms with Gasteiger partial charge in [0, 0.05) is 32.7 Å². The summed E-state index contributed by atoms with van der Waals surface area (Å²) in [4.78, 5) is 17.1. The molecule has 148 valence electrons. The summed E-state index contributed by atoms with van der Waals surface area (Å²) in [7, 11) is 0. The summed E-state index contributed by atoms with van der Waals surface area (Å²) >= 11 is 0. The van der Waals surface area contributed by atoms with Gasteiger partial charge in [0.05, 0.1) is 0 Å². The number of carbonyl (C=O) groups excluding carboxylic acids is 1. The molecule has 1 aliphatic rings. The smallest absolute Gasteiger partial charge is 0.263 e. The predicted octanol–water partition coefficient (Wildman–Crippen LogP) is 3.87. The van der Waals surface area contributed by atoms with E-state index >= 15 is 0 Å². The minimum Gasteiger partial charge on any atom is -0.481 e. The van der Waals surface area contributed by atoms with Crippen LogP contribution in [-0.4, -0.2) is 54.5 Å². The van der Waals surface area contributed by atoms with E-state index in [0.717, 1.165) is 50.5 Å². The number of aryl methyl sites for hydroxylation is 1. The summed E-state index contributed by atoms with van der Waals surface area (Å²) in [5, 5.41) is 0. The van der Waals surface area contributed by atoms with Crippen molar-refractivity contribution in [3.63, 3.8) is 0 Å². The van der Waals surface area contributed by atoms with E-state index in [0.29, 0.717) is 0 Å². The standard InChI is InChI=1S/C24H30N2O2/c1-3-22-13-7-8-14-23(22)28-20(2)24(27)26-18-16-25(17-19-26)15-9-12-21-10-5-4-6-11-21/h4-14,20H,3,15-19H2,1-2H3/b12-9+/t20-/m1/s1. The highest BCUT2D eigenvalue weighted by Crippen LogP contribution is 2.20. The average Bonchev–Trinajstić information content (AvgIpc) is 2.75. The first-order valence-electron chi connectivity index (χ1n) is 10.1. The van der Waals surface area contributed by atoms with Crippen LogP contribution in [0.25, 0.3) is 6.08 Å². The molecule has 4 heteroatoms. The van der Waals surface area contributed by atoms with Gasteiger partial charge in [0.25, 0.3) is 5.91 Å². The lowest BCUT2D eigenvalue weighted by atomic mass is 10.1. The van der Waals surface area contributed by atoms with Crippen LogP contribution in [0, 0.1) is 0 Å². The molecule has 0 saturated carbocycles. The zero-order chi connectivity index (χ0) is 19.8. The highest BCUT2D eigenvalue weighted by molar-refractivity contribution is 5.81. The molecular formula is C24H30N2O2. The lowest BCUT2D eigenvalue weighted by molar-refractivity contribution is -0.139. The van der Waals surface area contributed by atoms with Crippen LogP contribution in [0.4, 0.5) is 0 Å². The number of nitrogens with zero attached hydrogens (tertiary/aromatic N) is 2. The molecule has 2 aromatic rings. The molecule has 0 N–H and O–H groups in total. The van der Waals surface area contributed by atoms with Gasteiger partial charge in [0.1, 0.15) is 5.75 Å². The Morgan fingerprint density at radius 3 is 2.43 bits per heavy atom. The van der Waals surface area contributed by atoms with Crippen LogP contribution in [0.15, 0.2) is 60.7 Å². The molecule has 28 heavy (non-hydrogen) atoms. The number of ether oxygens (including phenoxy) is 1. The second-order valence-corrected chi connectivity index (χ2v) is 7.16. The summed E-state index contributed by atoms with van der Waals surface area (Å²) in [6.07, 6.45) is 4.78. The SMILES string of the molecule is CCc1ccccc1O[C@H](C)C(=O)N1CCN(C/C=C/c2ccccc2)CC1. The molecule has 1 saturated heterocycles. The van der Waals surface area contributed by atoms with Gasteiger partial charge in [-0.2, -0.15) is 0 Å². The lowest BCUT2D eigenvalue weighted by Gasteiger charge is -2.35. The summed E-state index contributed by atoms with van der Waals surface area (Å²) < 4.78 is 5.98. The molecule has 0 radical (unpaired) electrons. The third-order valence-corrected chi connectivity index (χ3v) is 5.16. The number of para-hydroxylation sites is 1. The molecule has 0 aromatic heterocycles. The number of piperazine rings is 1. The van der Waals surface area contributed by atoms with E-state index in [4.69, 9.17) is 4.74 Å². The third kappa shape index (κ3) is 5.46. The van der Waals surface area contributed by atoms with Gasteiger partial charge in [-0.3, -0.25) is 9.69 Å². The third-order valence-electron chi connectivity index (χ3n) is 5.16. The normalized spacial score (nSPS) is 16.3. The second kappa shape index (κ2) is 10.1. The van der Waals surface area contributed by atoms with E-state index in [1.807, 2.05) is 54.3 Å². The Labute approximate surface area is 168 Å². The van der Waals surface area contributed by atoms with Crippen molar-refractivity contribution in [1.29, 1.82) is 0 Å². The lowest BCUT2D eigenvalue weighted by Crippen LogP contribution is -2.51. The first-order chi connectivity index (χ1) is 13.7. The monoisotopic (exact) mass is 378 g/mol. The first-order valence-corrected chi connectivity index (χ1v) is 10.1. The van der Waals surface area contributed by atoms with Crippen LogP contribution in [0.5, 0.6) is 5.75 Å². The number of carbonyl (C=O) groups is 1. The maximum atomic E-state index is 12.8. The molecule has 2 aromatic carbocycles. The Morgan fingerprint density at radius 2 is 1.71 bits per heavy atom. The van der Waals surface area contributed by atoms with E-state index in [2.05, 4.69) is 36.1 Å². The van der Waals surface area contributed by atoms with Crippen molar-refractivity contribution < 1.29 is 9.53 Å². The van der Waals surface area contributed by atoms with E-state index in [-0.39, 0.29) is 5.91 Å². The fraction of sp³-hybridized carbons (Fsp3) is 0.375. The predicted molar refractivity (Wildman–Crippen MR) is 114 cm³/mol. The highest BCUT2D eigenvalue weighted by atomic mass is 16.5. The Kier molecular flexibility index (Phi) is 7.26. The summed E-state index contributed by atoms with van der Waals surface area (Å²) in [5.41, 5.74) is 2.35. The zero-order valence-electron chi connectivity index (χ0n) is 16.9. The summed E-state index contributed by atoms with van der Waals surface area (Å²) in [6, 6.07) is 18.3. The van der Waals surface area contributed by atoms with E-state index in [1.165, 1.54) is 5.56 Å². The Bertz CT molecular complexity index is 780. The molecule has 1 aliphatic heterocycles. The van der Waals surface area contributed by atoms with Gasteiger partial charge in [-0.1, -0.05) is 67.6 Å². The van der Waals surface area contributed by atoms with E-state index < -0.39 is 6.10 Å². The zero-order valence-corrected chi connectivity index (χ0v) is 16.9. The van der Waals surface area contributed by atoms with E-state index in [1.54, 1.807) is 0 Å². The van der Waals surface area contributed by atoms with Gasteiger partial charge in [0.2, 0.25) is 0 Å². The second-order valence-electron chi connectivity index (χ2n) is 7.16. The summed E-state index contributed by atoms with van der Waals surface area (Å²) in [5.74, 6) is 0.890. The molecule has 0 spiro atoms. The van der Waals surface area contributed by atoms with Crippen LogP contribution >= 0.6 is 0 Å². The van der Waals surface area contributed by atoms with E-state index in [9.17, 15) is 4.79 Å². The topological polar surface area (TPSA) is 32.8 Å². The van der Waals surface area contributed by atoms with Gasteiger partial charge in [0.15, 0.2) is 6.10 Å². The molecule has 1 heterocycles. The van der Waals surface area contributed by atoms with Gasteiger partial charge in [-0.15, -0.1) is 0 Å². The first kappa shape index (κ1) is 20.2. The van der Waals surface area contributed by atoms with Crippen molar-refractivity contribution in [2.24, 2.45) is 0 Å². The van der Waals surface area contributed by atoms with Gasteiger partial charge in [-0.25, -0.2) is 0 Å². The van der Waals surface area contributed by atoms with Crippen molar-refractivity contribution in [2.45, 2.75) is 26.4 Å². The number of hydrogen-bond acceptors (Lipinski definition) is 3. The van der Waals surface area contributed by atoms with Crippen molar-refractivity contribution in [2.75, 3.05) is 32.7 Å². The minimum atomic E-state index is -0.461. The largest absolute Gasteiger partial charge is 0.481 e. The van der Waals surface area contributed by atoms with Gasteiger partial charge in [-0.05, 0) is 30.5 Å². The molecule has 0 unspecified atom stereocenters. The number of hydrogen-bond donors (Lipinski definition) is 0. The average molecular weight is 379 g/mol. The van der Waals surface area contributed by atoms with Crippen molar-refractivity contribution in [3.05, 3.63) is 71.8 Å². The Hall–Kier alpha value is -2.59. The number of amides is 1. The van der Waals surface area contributed by atoms with Gasteiger partial charge < -0.3 is 9.64 Å². The molecular weight excluding hydrogens is 348 g/mol. The summed E-state index contributed by atoms with van der Waals surface area (Å²) in [6.45, 7) is 8.14. The van der Waals surface area contributed by atoms with Crippen LogP contribution in [0.3, 0.4) is 0 Å². The molecule has 4 nitrogen and oxygen atoms in total. The quantitative estimate of drug-likeness (QED) is 0.733. The van der Waals surface area contributed by atoms with Crippen molar-refractivity contribution in [3.8, 4) is 5.75 Å². The minimum absolute atomic E-state index is 0.0744. The van der Waals surface area contributed by atoms with Crippen LogP contribution in [0.2, 0.25) is 0 Å². The number of rotatable bonds is 7. The molecule has 1 atom stereocenters. The van der Waals surface area contributed by atoms with Crippen molar-refractivity contribution >= 4 is 12.0 Å². The Balaban J connectivity index is 1.46. The molecule has 3 rings (SSSR count). The Morgan fingerprint density at radius 1 is 1.04 bits per heavy atom. The number of benzene rings is 2. The highest BCUT2D eigenvalue weighted by Gasteiger charge is 2.26. The molecule has 1 fully saturated rings. The fourth-order valence-corrected chi connectivity index (χ4v) is 3.46. The maximum absolute atomic E-state index is 12.8. The van der Waals surface area contributed by atoms with Crippen LogP contribution < -0.4 is 4.74 Å². The van der Waals surface area contributed by atoms with Crippen LogP contribution in [0.1, 0.15) is 25.0 Å². The molecule has 1 amide bonds. The fourth-order valence-electron chi connectivity index (χ4n) is 3.46. The molecule has 0 bridgehead atoms. The van der Waals surface area contributed by atoms with Crippen molar-refractivity contribution in [1.82, 2.24) is 9.80 Å². The van der Waals surface area contributed by atoms with Crippen LogP contribution in [-0.2, 0) is 11.2 Å². The molecule has 0 aliphatic carbocycles. The van der Waals surface area contributed by atoms with Gasteiger partial charge >= 0.3 is 0 Å².